The molecular weight excluding hydrogens is 208 g/mol. The van der Waals surface area contributed by atoms with Crippen LogP contribution < -0.4 is 5.32 Å². The van der Waals surface area contributed by atoms with Gasteiger partial charge in [0.1, 0.15) is 0 Å². The molecule has 2 atom stereocenters. The first kappa shape index (κ1) is 12.6. The molecular formula is C15H24N2. The van der Waals surface area contributed by atoms with Crippen molar-refractivity contribution in [2.45, 2.75) is 58.5 Å². The van der Waals surface area contributed by atoms with E-state index in [1.165, 1.54) is 25.7 Å². The zero-order valence-corrected chi connectivity index (χ0v) is 11.2. The SMILES string of the molecule is C[C@H](NC1CCCCC1(C)C)c1ccccn1. The summed E-state index contributed by atoms with van der Waals surface area (Å²) in [5.41, 5.74) is 1.57. The van der Waals surface area contributed by atoms with Gasteiger partial charge in [0.15, 0.2) is 0 Å². The lowest BCUT2D eigenvalue weighted by molar-refractivity contribution is 0.157. The van der Waals surface area contributed by atoms with Gasteiger partial charge in [-0.2, -0.15) is 0 Å². The summed E-state index contributed by atoms with van der Waals surface area (Å²) in [7, 11) is 0. The quantitative estimate of drug-likeness (QED) is 0.859. The summed E-state index contributed by atoms with van der Waals surface area (Å²) in [6.07, 6.45) is 7.24. The van der Waals surface area contributed by atoms with Crippen LogP contribution in [0.1, 0.15) is 58.2 Å². The largest absolute Gasteiger partial charge is 0.306 e. The maximum absolute atomic E-state index is 4.43. The molecule has 1 N–H and O–H groups in total. The maximum Gasteiger partial charge on any atom is 0.0570 e. The van der Waals surface area contributed by atoms with E-state index in [0.29, 0.717) is 17.5 Å². The van der Waals surface area contributed by atoms with E-state index in [9.17, 15) is 0 Å². The topological polar surface area (TPSA) is 24.9 Å². The molecule has 0 amide bonds. The van der Waals surface area contributed by atoms with Gasteiger partial charge in [-0.05, 0) is 37.3 Å². The van der Waals surface area contributed by atoms with Crippen LogP contribution in [0.5, 0.6) is 0 Å². The van der Waals surface area contributed by atoms with Crippen LogP contribution in [0.3, 0.4) is 0 Å². The van der Waals surface area contributed by atoms with Gasteiger partial charge in [0, 0.05) is 18.3 Å². The summed E-state index contributed by atoms with van der Waals surface area (Å²) >= 11 is 0. The van der Waals surface area contributed by atoms with Crippen LogP contribution in [-0.4, -0.2) is 11.0 Å². The minimum atomic E-state index is 0.346. The van der Waals surface area contributed by atoms with Crippen molar-refractivity contribution in [3.05, 3.63) is 30.1 Å². The molecule has 1 aliphatic carbocycles. The van der Waals surface area contributed by atoms with Gasteiger partial charge in [0.2, 0.25) is 0 Å². The van der Waals surface area contributed by atoms with E-state index in [1.54, 1.807) is 0 Å². The molecule has 1 fully saturated rings. The van der Waals surface area contributed by atoms with E-state index >= 15 is 0 Å². The van der Waals surface area contributed by atoms with Gasteiger partial charge in [-0.1, -0.05) is 32.8 Å². The summed E-state index contributed by atoms with van der Waals surface area (Å²) in [6.45, 7) is 6.98. The molecule has 0 aromatic carbocycles. The molecule has 0 aliphatic heterocycles. The van der Waals surface area contributed by atoms with Crippen molar-refractivity contribution in [1.29, 1.82) is 0 Å². The molecule has 0 spiro atoms. The Morgan fingerprint density at radius 2 is 2.18 bits per heavy atom. The molecule has 1 aromatic heterocycles. The van der Waals surface area contributed by atoms with Crippen molar-refractivity contribution < 1.29 is 0 Å². The van der Waals surface area contributed by atoms with Crippen LogP contribution in [0.4, 0.5) is 0 Å². The number of hydrogen-bond acceptors (Lipinski definition) is 2. The third-order valence-electron chi connectivity index (χ3n) is 4.09. The highest BCUT2D eigenvalue weighted by Crippen LogP contribution is 2.36. The zero-order valence-electron chi connectivity index (χ0n) is 11.2. The molecule has 94 valence electrons. The third kappa shape index (κ3) is 3.06. The lowest BCUT2D eigenvalue weighted by Gasteiger charge is -2.40. The van der Waals surface area contributed by atoms with E-state index in [2.05, 4.69) is 43.2 Å². The Balaban J connectivity index is 2.00. The number of nitrogens with one attached hydrogen (secondary N) is 1. The molecule has 2 rings (SSSR count). The molecule has 2 nitrogen and oxygen atoms in total. The minimum absolute atomic E-state index is 0.346. The molecule has 1 saturated carbocycles. The van der Waals surface area contributed by atoms with Crippen LogP contribution in [0.15, 0.2) is 24.4 Å². The number of nitrogens with zero attached hydrogens (tertiary/aromatic N) is 1. The Hall–Kier alpha value is -0.890. The smallest absolute Gasteiger partial charge is 0.0570 e. The van der Waals surface area contributed by atoms with Crippen LogP contribution in [0.25, 0.3) is 0 Å². The molecule has 17 heavy (non-hydrogen) atoms. The van der Waals surface area contributed by atoms with Gasteiger partial charge in [-0.25, -0.2) is 0 Å². The van der Waals surface area contributed by atoms with Crippen molar-refractivity contribution in [2.75, 3.05) is 0 Å². The van der Waals surface area contributed by atoms with Crippen molar-refractivity contribution >= 4 is 0 Å². The molecule has 1 heterocycles. The van der Waals surface area contributed by atoms with E-state index in [4.69, 9.17) is 0 Å². The third-order valence-corrected chi connectivity index (χ3v) is 4.09. The van der Waals surface area contributed by atoms with Gasteiger partial charge in [-0.3, -0.25) is 4.98 Å². The zero-order chi connectivity index (χ0) is 12.3. The highest BCUT2D eigenvalue weighted by Gasteiger charge is 2.32. The van der Waals surface area contributed by atoms with E-state index in [1.807, 2.05) is 12.3 Å². The summed E-state index contributed by atoms with van der Waals surface area (Å²) in [4.78, 5) is 4.43. The molecule has 0 saturated heterocycles. The average molecular weight is 232 g/mol. The Labute approximate surface area is 105 Å². The predicted molar refractivity (Wildman–Crippen MR) is 71.8 cm³/mol. The molecule has 0 radical (unpaired) electrons. The first-order chi connectivity index (χ1) is 8.09. The molecule has 1 aliphatic rings. The summed E-state index contributed by atoms with van der Waals surface area (Å²) in [5.74, 6) is 0. The fourth-order valence-corrected chi connectivity index (χ4v) is 2.82. The highest BCUT2D eigenvalue weighted by atomic mass is 15.0. The van der Waals surface area contributed by atoms with E-state index in [-0.39, 0.29) is 0 Å². The predicted octanol–water partition coefficient (Wildman–Crippen LogP) is 3.70. The van der Waals surface area contributed by atoms with Crippen molar-refractivity contribution in [3.8, 4) is 0 Å². The number of hydrogen-bond donors (Lipinski definition) is 1. The Kier molecular flexibility index (Phi) is 3.82. The first-order valence-electron chi connectivity index (χ1n) is 6.76. The minimum Gasteiger partial charge on any atom is -0.306 e. The van der Waals surface area contributed by atoms with Gasteiger partial charge in [0.25, 0.3) is 0 Å². The number of aromatic nitrogens is 1. The van der Waals surface area contributed by atoms with Crippen LogP contribution in [-0.2, 0) is 0 Å². The fraction of sp³-hybridized carbons (Fsp3) is 0.667. The van der Waals surface area contributed by atoms with Crippen molar-refractivity contribution in [3.63, 3.8) is 0 Å². The van der Waals surface area contributed by atoms with Crippen molar-refractivity contribution in [1.82, 2.24) is 10.3 Å². The molecule has 1 aromatic rings. The van der Waals surface area contributed by atoms with Gasteiger partial charge >= 0.3 is 0 Å². The summed E-state index contributed by atoms with van der Waals surface area (Å²) < 4.78 is 0. The second-order valence-corrected chi connectivity index (χ2v) is 5.93. The second kappa shape index (κ2) is 5.18. The van der Waals surface area contributed by atoms with Crippen LogP contribution >= 0.6 is 0 Å². The van der Waals surface area contributed by atoms with Gasteiger partial charge < -0.3 is 5.32 Å². The monoisotopic (exact) mass is 232 g/mol. The van der Waals surface area contributed by atoms with E-state index < -0.39 is 0 Å². The Bertz CT molecular complexity index is 345. The number of pyridine rings is 1. The normalized spacial score (nSPS) is 25.5. The second-order valence-electron chi connectivity index (χ2n) is 5.93. The first-order valence-corrected chi connectivity index (χ1v) is 6.76. The van der Waals surface area contributed by atoms with Gasteiger partial charge in [-0.15, -0.1) is 0 Å². The van der Waals surface area contributed by atoms with Crippen LogP contribution in [0, 0.1) is 5.41 Å². The highest BCUT2D eigenvalue weighted by molar-refractivity contribution is 5.08. The standard InChI is InChI=1S/C15H24N2/c1-12(13-8-5-7-11-16-13)17-14-9-4-6-10-15(14,2)3/h5,7-8,11-12,14,17H,4,6,9-10H2,1-3H3/t12-,14?/m0/s1. The number of rotatable bonds is 3. The lowest BCUT2D eigenvalue weighted by Crippen LogP contribution is -2.45. The van der Waals surface area contributed by atoms with Crippen LogP contribution in [0.2, 0.25) is 0 Å². The molecule has 1 unspecified atom stereocenters. The molecule has 2 heteroatoms. The Morgan fingerprint density at radius 3 is 2.82 bits per heavy atom. The van der Waals surface area contributed by atoms with Crippen molar-refractivity contribution in [2.24, 2.45) is 5.41 Å². The maximum atomic E-state index is 4.43. The lowest BCUT2D eigenvalue weighted by atomic mass is 9.73. The summed E-state index contributed by atoms with van der Waals surface area (Å²) in [6, 6.07) is 7.10. The van der Waals surface area contributed by atoms with Gasteiger partial charge in [0.05, 0.1) is 5.69 Å². The summed E-state index contributed by atoms with van der Waals surface area (Å²) in [5, 5.41) is 3.76. The van der Waals surface area contributed by atoms with E-state index in [0.717, 1.165) is 5.69 Å². The average Bonchev–Trinajstić information content (AvgIpc) is 2.33. The fourth-order valence-electron chi connectivity index (χ4n) is 2.82. The Morgan fingerprint density at radius 1 is 1.35 bits per heavy atom. The molecule has 0 bridgehead atoms.